The lowest BCUT2D eigenvalue weighted by atomic mass is 10.1. The first-order valence-corrected chi connectivity index (χ1v) is 7.30. The first-order chi connectivity index (χ1) is 10.5. The number of thioether (sulfide) groups is 1. The fourth-order valence-corrected chi connectivity index (χ4v) is 2.68. The van der Waals surface area contributed by atoms with E-state index in [0.717, 1.165) is 5.56 Å². The molecule has 0 fully saturated rings. The number of hydrogen-bond acceptors (Lipinski definition) is 6. The fourth-order valence-electron chi connectivity index (χ4n) is 1.85. The maximum absolute atomic E-state index is 11.5. The molecule has 0 unspecified atom stereocenters. The van der Waals surface area contributed by atoms with E-state index in [1.807, 2.05) is 6.07 Å². The number of H-pyrrole nitrogens is 1. The SMILES string of the molecule is Cc1nn2c(SCc3cccc(C(=O)O)c3)nnc2[nH]c1=O. The van der Waals surface area contributed by atoms with Gasteiger partial charge < -0.3 is 5.11 Å². The number of fused-ring (bicyclic) bond motifs is 1. The fraction of sp³-hybridized carbons (Fsp3) is 0.154. The largest absolute Gasteiger partial charge is 0.478 e. The normalized spacial score (nSPS) is 11.0. The van der Waals surface area contributed by atoms with Gasteiger partial charge in [-0.05, 0) is 24.6 Å². The van der Waals surface area contributed by atoms with Crippen LogP contribution in [0.4, 0.5) is 0 Å². The highest BCUT2D eigenvalue weighted by Crippen LogP contribution is 2.21. The standard InChI is InChI=1S/C13H11N5O3S/c1-7-10(19)14-12-15-16-13(18(12)17-7)22-6-8-3-2-4-9(5-8)11(20)21/h2-5H,6H2,1H3,(H,20,21)(H,14,15,19). The molecule has 2 heterocycles. The van der Waals surface area contributed by atoms with Crippen molar-refractivity contribution in [3.05, 3.63) is 51.4 Å². The number of benzene rings is 1. The molecule has 0 saturated heterocycles. The topological polar surface area (TPSA) is 113 Å². The number of rotatable bonds is 4. The van der Waals surface area contributed by atoms with E-state index in [4.69, 9.17) is 5.11 Å². The third-order valence-corrected chi connectivity index (χ3v) is 3.95. The molecule has 0 spiro atoms. The van der Waals surface area contributed by atoms with Crippen LogP contribution >= 0.6 is 11.8 Å². The molecule has 0 atom stereocenters. The lowest BCUT2D eigenvalue weighted by molar-refractivity contribution is 0.0697. The highest BCUT2D eigenvalue weighted by Gasteiger charge is 2.10. The number of aromatic carboxylic acids is 1. The van der Waals surface area contributed by atoms with Gasteiger partial charge in [0.25, 0.3) is 11.3 Å². The Labute approximate surface area is 128 Å². The molecule has 2 N–H and O–H groups in total. The van der Waals surface area contributed by atoms with Crippen LogP contribution in [0.15, 0.2) is 34.2 Å². The number of carboxylic acid groups (broad SMARTS) is 1. The van der Waals surface area contributed by atoms with Crippen molar-refractivity contribution in [3.63, 3.8) is 0 Å². The Kier molecular flexibility index (Phi) is 3.63. The summed E-state index contributed by atoms with van der Waals surface area (Å²) in [7, 11) is 0. The van der Waals surface area contributed by atoms with E-state index in [2.05, 4.69) is 20.3 Å². The number of aryl methyl sites for hydroxylation is 1. The highest BCUT2D eigenvalue weighted by atomic mass is 32.2. The van der Waals surface area contributed by atoms with Crippen LogP contribution in [0.5, 0.6) is 0 Å². The van der Waals surface area contributed by atoms with Crippen molar-refractivity contribution in [3.8, 4) is 0 Å². The molecule has 2 aromatic heterocycles. The van der Waals surface area contributed by atoms with Crippen molar-refractivity contribution < 1.29 is 9.90 Å². The van der Waals surface area contributed by atoms with Gasteiger partial charge in [0.05, 0.1) is 5.56 Å². The van der Waals surface area contributed by atoms with Crippen molar-refractivity contribution in [2.75, 3.05) is 0 Å². The van der Waals surface area contributed by atoms with Gasteiger partial charge >= 0.3 is 5.97 Å². The molecule has 0 aliphatic rings. The van der Waals surface area contributed by atoms with E-state index < -0.39 is 5.97 Å². The third-order valence-electron chi connectivity index (χ3n) is 2.96. The zero-order chi connectivity index (χ0) is 15.7. The monoisotopic (exact) mass is 317 g/mol. The van der Waals surface area contributed by atoms with Gasteiger partial charge in [-0.15, -0.1) is 10.2 Å². The van der Waals surface area contributed by atoms with E-state index in [1.54, 1.807) is 25.1 Å². The number of nitrogens with one attached hydrogen (secondary N) is 1. The summed E-state index contributed by atoms with van der Waals surface area (Å²) >= 11 is 1.36. The second kappa shape index (κ2) is 5.60. The van der Waals surface area contributed by atoms with Crippen LogP contribution in [0.1, 0.15) is 21.6 Å². The van der Waals surface area contributed by atoms with Crippen LogP contribution in [0.25, 0.3) is 5.78 Å². The minimum absolute atomic E-state index is 0.238. The van der Waals surface area contributed by atoms with Crippen molar-refractivity contribution in [1.82, 2.24) is 24.8 Å². The molecule has 0 bridgehead atoms. The second-order valence-electron chi connectivity index (χ2n) is 4.55. The zero-order valence-electron chi connectivity index (χ0n) is 11.5. The van der Waals surface area contributed by atoms with E-state index in [-0.39, 0.29) is 16.9 Å². The molecule has 9 heteroatoms. The van der Waals surface area contributed by atoms with E-state index >= 15 is 0 Å². The molecule has 1 aromatic carbocycles. The summed E-state index contributed by atoms with van der Waals surface area (Å²) in [5.74, 6) is -0.172. The van der Waals surface area contributed by atoms with Crippen LogP contribution in [0.3, 0.4) is 0 Å². The lowest BCUT2D eigenvalue weighted by Crippen LogP contribution is -2.15. The molecule has 22 heavy (non-hydrogen) atoms. The number of hydrogen-bond donors (Lipinski definition) is 2. The number of carbonyl (C=O) groups is 1. The van der Waals surface area contributed by atoms with Crippen molar-refractivity contribution >= 4 is 23.5 Å². The van der Waals surface area contributed by atoms with Crippen LogP contribution < -0.4 is 5.56 Å². The first kappa shape index (κ1) is 14.3. The van der Waals surface area contributed by atoms with Gasteiger partial charge in [0.15, 0.2) is 0 Å². The summed E-state index contributed by atoms with van der Waals surface area (Å²) < 4.78 is 1.46. The Balaban J connectivity index is 1.85. The molecule has 0 aliphatic heterocycles. The maximum Gasteiger partial charge on any atom is 0.335 e. The second-order valence-corrected chi connectivity index (χ2v) is 5.49. The number of aromatic amines is 1. The lowest BCUT2D eigenvalue weighted by Gasteiger charge is -2.02. The van der Waals surface area contributed by atoms with Gasteiger partial charge in [-0.2, -0.15) is 9.61 Å². The average molecular weight is 317 g/mol. The molecule has 3 rings (SSSR count). The Bertz CT molecular complexity index is 917. The van der Waals surface area contributed by atoms with Gasteiger partial charge in [-0.1, -0.05) is 23.9 Å². The van der Waals surface area contributed by atoms with Crippen LogP contribution in [0.2, 0.25) is 0 Å². The van der Waals surface area contributed by atoms with Crippen LogP contribution in [-0.4, -0.2) is 35.9 Å². The predicted octanol–water partition coefficient (Wildman–Crippen LogP) is 1.11. The summed E-state index contributed by atoms with van der Waals surface area (Å²) in [6.07, 6.45) is 0. The molecule has 0 aliphatic carbocycles. The zero-order valence-corrected chi connectivity index (χ0v) is 12.3. The molecule has 0 amide bonds. The van der Waals surface area contributed by atoms with Crippen molar-refractivity contribution in [1.29, 1.82) is 0 Å². The molecule has 8 nitrogen and oxygen atoms in total. The Morgan fingerprint density at radius 3 is 3.00 bits per heavy atom. The summed E-state index contributed by atoms with van der Waals surface area (Å²) in [6, 6.07) is 6.68. The van der Waals surface area contributed by atoms with Gasteiger partial charge in [0, 0.05) is 5.75 Å². The van der Waals surface area contributed by atoms with Gasteiger partial charge in [-0.3, -0.25) is 9.78 Å². The van der Waals surface area contributed by atoms with E-state index in [1.165, 1.54) is 16.3 Å². The summed E-state index contributed by atoms with van der Waals surface area (Å²) in [6.45, 7) is 1.60. The summed E-state index contributed by atoms with van der Waals surface area (Å²) in [5.41, 5.74) is 1.11. The molecule has 0 saturated carbocycles. The van der Waals surface area contributed by atoms with E-state index in [9.17, 15) is 9.59 Å². The average Bonchev–Trinajstić information content (AvgIpc) is 2.88. The minimum Gasteiger partial charge on any atom is -0.478 e. The number of carboxylic acids is 1. The summed E-state index contributed by atoms with van der Waals surface area (Å²) in [4.78, 5) is 25.0. The van der Waals surface area contributed by atoms with Crippen molar-refractivity contribution in [2.24, 2.45) is 0 Å². The molecular weight excluding hydrogens is 306 g/mol. The smallest absolute Gasteiger partial charge is 0.335 e. The van der Waals surface area contributed by atoms with Gasteiger partial charge in [0.1, 0.15) is 5.69 Å². The van der Waals surface area contributed by atoms with E-state index in [0.29, 0.717) is 16.6 Å². The molecular formula is C13H11N5O3S. The quantitative estimate of drug-likeness (QED) is 0.693. The highest BCUT2D eigenvalue weighted by molar-refractivity contribution is 7.98. The number of nitrogens with zero attached hydrogens (tertiary/aromatic N) is 4. The third kappa shape index (κ3) is 2.70. The molecule has 3 aromatic rings. The Morgan fingerprint density at radius 1 is 1.41 bits per heavy atom. The minimum atomic E-state index is -0.963. The molecule has 112 valence electrons. The summed E-state index contributed by atoms with van der Waals surface area (Å²) in [5, 5.41) is 21.5. The Morgan fingerprint density at radius 2 is 2.23 bits per heavy atom. The van der Waals surface area contributed by atoms with Gasteiger partial charge in [-0.25, -0.2) is 4.79 Å². The van der Waals surface area contributed by atoms with Crippen LogP contribution in [0, 0.1) is 6.92 Å². The van der Waals surface area contributed by atoms with Crippen molar-refractivity contribution in [2.45, 2.75) is 17.8 Å². The van der Waals surface area contributed by atoms with Gasteiger partial charge in [0.2, 0.25) is 5.16 Å². The van der Waals surface area contributed by atoms with Crippen LogP contribution in [-0.2, 0) is 5.75 Å². The molecule has 0 radical (unpaired) electrons. The predicted molar refractivity (Wildman–Crippen MR) is 79.1 cm³/mol. The first-order valence-electron chi connectivity index (χ1n) is 6.32. The number of aromatic nitrogens is 5. The Hall–Kier alpha value is -2.68. The maximum atomic E-state index is 11.5.